The third-order valence-corrected chi connectivity index (χ3v) is 2.18. The molecule has 17 heavy (non-hydrogen) atoms. The molecule has 5 heteroatoms. The lowest BCUT2D eigenvalue weighted by atomic mass is 10.2. The molecule has 1 aromatic heterocycles. The van der Waals surface area contributed by atoms with Crippen LogP contribution in [0.5, 0.6) is 5.75 Å². The molecule has 0 bridgehead atoms. The SMILES string of the molecule is C#CCn1nnnc1-c1cccc(OCC)c1. The van der Waals surface area contributed by atoms with E-state index in [4.69, 9.17) is 11.2 Å². The van der Waals surface area contributed by atoms with Gasteiger partial charge in [-0.05, 0) is 29.5 Å². The van der Waals surface area contributed by atoms with Crippen LogP contribution in [0, 0.1) is 12.3 Å². The summed E-state index contributed by atoms with van der Waals surface area (Å²) in [6.45, 7) is 2.91. The van der Waals surface area contributed by atoms with Crippen molar-refractivity contribution in [2.75, 3.05) is 6.61 Å². The Labute approximate surface area is 99.4 Å². The predicted octanol–water partition coefficient (Wildman–Crippen LogP) is 1.37. The molecule has 0 atom stereocenters. The normalized spacial score (nSPS) is 9.88. The minimum atomic E-state index is 0.348. The Bertz CT molecular complexity index is 541. The fourth-order valence-corrected chi connectivity index (χ4v) is 1.50. The summed E-state index contributed by atoms with van der Waals surface area (Å²) < 4.78 is 7.00. The van der Waals surface area contributed by atoms with Gasteiger partial charge in [-0.15, -0.1) is 11.5 Å². The van der Waals surface area contributed by atoms with Crippen LogP contribution in [0.1, 0.15) is 6.92 Å². The first-order valence-corrected chi connectivity index (χ1v) is 5.28. The molecule has 0 radical (unpaired) electrons. The van der Waals surface area contributed by atoms with Crippen LogP contribution in [0.2, 0.25) is 0 Å². The third-order valence-electron chi connectivity index (χ3n) is 2.18. The van der Waals surface area contributed by atoms with Crippen LogP contribution in [0.4, 0.5) is 0 Å². The van der Waals surface area contributed by atoms with E-state index in [1.165, 1.54) is 0 Å². The van der Waals surface area contributed by atoms with Gasteiger partial charge in [-0.25, -0.2) is 4.68 Å². The van der Waals surface area contributed by atoms with Crippen LogP contribution in [-0.4, -0.2) is 26.8 Å². The molecule has 2 rings (SSSR count). The maximum Gasteiger partial charge on any atom is 0.183 e. The minimum absolute atomic E-state index is 0.348. The Balaban J connectivity index is 2.35. The molecule has 0 saturated heterocycles. The Kier molecular flexibility index (Phi) is 3.36. The molecule has 0 amide bonds. The molecule has 0 spiro atoms. The van der Waals surface area contributed by atoms with E-state index in [1.807, 2.05) is 31.2 Å². The zero-order valence-corrected chi connectivity index (χ0v) is 9.50. The maximum absolute atomic E-state index is 5.43. The number of ether oxygens (including phenoxy) is 1. The van der Waals surface area contributed by atoms with Crippen LogP contribution >= 0.6 is 0 Å². The standard InChI is InChI=1S/C12H12N4O/c1-3-8-16-12(13-14-15-16)10-6-5-7-11(9-10)17-4-2/h1,5-7,9H,4,8H2,2H3. The molecule has 0 saturated carbocycles. The second kappa shape index (κ2) is 5.12. The predicted molar refractivity (Wildman–Crippen MR) is 63.3 cm³/mol. The average Bonchev–Trinajstić information content (AvgIpc) is 2.79. The first-order chi connectivity index (χ1) is 8.35. The number of hydrogen-bond acceptors (Lipinski definition) is 4. The van der Waals surface area contributed by atoms with Gasteiger partial charge in [-0.1, -0.05) is 18.1 Å². The highest BCUT2D eigenvalue weighted by atomic mass is 16.5. The fourth-order valence-electron chi connectivity index (χ4n) is 1.50. The van der Waals surface area contributed by atoms with Crippen LogP contribution in [0.25, 0.3) is 11.4 Å². The minimum Gasteiger partial charge on any atom is -0.494 e. The van der Waals surface area contributed by atoms with E-state index in [9.17, 15) is 0 Å². The van der Waals surface area contributed by atoms with E-state index >= 15 is 0 Å². The van der Waals surface area contributed by atoms with Gasteiger partial charge in [0.05, 0.1) is 6.61 Å². The summed E-state index contributed by atoms with van der Waals surface area (Å²) in [5.74, 6) is 3.94. The van der Waals surface area contributed by atoms with Crippen LogP contribution in [0.15, 0.2) is 24.3 Å². The van der Waals surface area contributed by atoms with Gasteiger partial charge in [-0.3, -0.25) is 0 Å². The van der Waals surface area contributed by atoms with Gasteiger partial charge in [0.15, 0.2) is 5.82 Å². The van der Waals surface area contributed by atoms with Gasteiger partial charge in [0, 0.05) is 5.56 Å². The van der Waals surface area contributed by atoms with Crippen molar-refractivity contribution in [2.45, 2.75) is 13.5 Å². The lowest BCUT2D eigenvalue weighted by molar-refractivity contribution is 0.340. The second-order valence-electron chi connectivity index (χ2n) is 3.33. The lowest BCUT2D eigenvalue weighted by Gasteiger charge is -2.05. The Hall–Kier alpha value is -2.35. The monoisotopic (exact) mass is 228 g/mol. The highest BCUT2D eigenvalue weighted by molar-refractivity contribution is 5.57. The molecule has 0 N–H and O–H groups in total. The molecular formula is C12H12N4O. The first-order valence-electron chi connectivity index (χ1n) is 5.28. The molecule has 1 aromatic carbocycles. The largest absolute Gasteiger partial charge is 0.494 e. The number of nitrogens with zero attached hydrogens (tertiary/aromatic N) is 4. The number of benzene rings is 1. The van der Waals surface area contributed by atoms with Crippen molar-refractivity contribution in [3.05, 3.63) is 24.3 Å². The molecular weight excluding hydrogens is 216 g/mol. The van der Waals surface area contributed by atoms with Crippen molar-refractivity contribution in [2.24, 2.45) is 0 Å². The first kappa shape index (κ1) is 11.1. The molecule has 0 aliphatic rings. The van der Waals surface area contributed by atoms with Crippen molar-refractivity contribution >= 4 is 0 Å². The fraction of sp³-hybridized carbons (Fsp3) is 0.250. The van der Waals surface area contributed by atoms with E-state index in [1.54, 1.807) is 4.68 Å². The molecule has 1 heterocycles. The van der Waals surface area contributed by atoms with Crippen LogP contribution < -0.4 is 4.74 Å². The summed E-state index contributed by atoms with van der Waals surface area (Å²) in [7, 11) is 0. The number of hydrogen-bond donors (Lipinski definition) is 0. The van der Waals surface area contributed by atoms with E-state index in [2.05, 4.69) is 21.4 Å². The van der Waals surface area contributed by atoms with Gasteiger partial charge in [-0.2, -0.15) is 0 Å². The molecule has 2 aromatic rings. The number of tetrazole rings is 1. The van der Waals surface area contributed by atoms with Gasteiger partial charge >= 0.3 is 0 Å². The Morgan fingerprint density at radius 2 is 2.35 bits per heavy atom. The Morgan fingerprint density at radius 3 is 3.12 bits per heavy atom. The summed E-state index contributed by atoms with van der Waals surface area (Å²) in [6.07, 6.45) is 5.25. The van der Waals surface area contributed by atoms with Crippen LogP contribution in [-0.2, 0) is 6.54 Å². The summed E-state index contributed by atoms with van der Waals surface area (Å²) in [5.41, 5.74) is 0.885. The topological polar surface area (TPSA) is 52.8 Å². The zero-order valence-electron chi connectivity index (χ0n) is 9.50. The van der Waals surface area contributed by atoms with E-state index < -0.39 is 0 Å². The highest BCUT2D eigenvalue weighted by Gasteiger charge is 2.08. The lowest BCUT2D eigenvalue weighted by Crippen LogP contribution is -2.01. The van der Waals surface area contributed by atoms with Gasteiger partial charge in [0.25, 0.3) is 0 Å². The maximum atomic E-state index is 5.43. The van der Waals surface area contributed by atoms with E-state index in [0.717, 1.165) is 11.3 Å². The average molecular weight is 228 g/mol. The molecule has 0 unspecified atom stereocenters. The third kappa shape index (κ3) is 2.42. The Morgan fingerprint density at radius 1 is 1.47 bits per heavy atom. The molecule has 86 valence electrons. The summed E-state index contributed by atoms with van der Waals surface area (Å²) in [4.78, 5) is 0. The van der Waals surface area contributed by atoms with Crippen molar-refractivity contribution in [3.8, 4) is 29.5 Å². The van der Waals surface area contributed by atoms with Gasteiger partial charge < -0.3 is 4.74 Å². The quantitative estimate of drug-likeness (QED) is 0.742. The molecule has 0 aliphatic heterocycles. The van der Waals surface area contributed by atoms with Crippen LogP contribution in [0.3, 0.4) is 0 Å². The van der Waals surface area contributed by atoms with E-state index in [0.29, 0.717) is 19.0 Å². The summed E-state index contributed by atoms with van der Waals surface area (Å²) in [5, 5.41) is 11.4. The summed E-state index contributed by atoms with van der Waals surface area (Å²) in [6, 6.07) is 7.60. The number of aromatic nitrogens is 4. The summed E-state index contributed by atoms with van der Waals surface area (Å²) >= 11 is 0. The highest BCUT2D eigenvalue weighted by Crippen LogP contribution is 2.21. The van der Waals surface area contributed by atoms with Gasteiger partial charge in [0.2, 0.25) is 0 Å². The molecule has 5 nitrogen and oxygen atoms in total. The van der Waals surface area contributed by atoms with Gasteiger partial charge in [0.1, 0.15) is 12.3 Å². The smallest absolute Gasteiger partial charge is 0.183 e. The zero-order chi connectivity index (χ0) is 12.1. The molecule has 0 aliphatic carbocycles. The van der Waals surface area contributed by atoms with E-state index in [-0.39, 0.29) is 0 Å². The van der Waals surface area contributed by atoms with Crippen molar-refractivity contribution in [3.63, 3.8) is 0 Å². The van der Waals surface area contributed by atoms with Crippen molar-refractivity contribution in [1.82, 2.24) is 20.2 Å². The number of rotatable bonds is 4. The van der Waals surface area contributed by atoms with Crippen molar-refractivity contribution < 1.29 is 4.74 Å². The second-order valence-corrected chi connectivity index (χ2v) is 3.33. The molecule has 0 fully saturated rings. The van der Waals surface area contributed by atoms with Crippen molar-refractivity contribution in [1.29, 1.82) is 0 Å². The number of terminal acetylenes is 1.